The standard InChI is InChI=1S/C31H30Cl2N4O7/c1-4-42-30(39)28-18(2)35-31(40)36-29(28)21-8-12-25(26(14-21)41-3)44-17-27(38)37-34-15-19-5-9-22(10-6-19)43-16-20-7-11-23(32)24(33)13-20/h5-15,29H,4,16-17H2,1-3H3,(H,37,38)(H2,35,36,40)/b34-15-/t29-/m0/s1. The highest BCUT2D eigenvalue weighted by atomic mass is 35.5. The first-order valence-corrected chi connectivity index (χ1v) is 14.2. The smallest absolute Gasteiger partial charge is 0.338 e. The number of nitrogens with zero attached hydrogens (tertiary/aromatic N) is 1. The van der Waals surface area contributed by atoms with Crippen LogP contribution in [0.25, 0.3) is 0 Å². The molecule has 1 aliphatic heterocycles. The molecule has 0 fully saturated rings. The van der Waals surface area contributed by atoms with Gasteiger partial charge in [0.2, 0.25) is 0 Å². The number of hydrogen-bond donors (Lipinski definition) is 3. The lowest BCUT2D eigenvalue weighted by Crippen LogP contribution is -2.45. The van der Waals surface area contributed by atoms with Gasteiger partial charge in [0.05, 0.1) is 41.6 Å². The van der Waals surface area contributed by atoms with Gasteiger partial charge in [-0.1, -0.05) is 35.3 Å². The number of carbonyl (C=O) groups is 3. The summed E-state index contributed by atoms with van der Waals surface area (Å²) in [6.45, 7) is 3.49. The van der Waals surface area contributed by atoms with Crippen LogP contribution in [0.4, 0.5) is 4.79 Å². The van der Waals surface area contributed by atoms with Crippen LogP contribution in [0.1, 0.15) is 36.6 Å². The minimum absolute atomic E-state index is 0.182. The number of amides is 3. The van der Waals surface area contributed by atoms with Gasteiger partial charge in [-0.3, -0.25) is 4.79 Å². The molecule has 3 N–H and O–H groups in total. The number of hydrazone groups is 1. The Balaban J connectivity index is 1.30. The number of nitrogens with one attached hydrogen (secondary N) is 3. The van der Waals surface area contributed by atoms with E-state index in [1.165, 1.54) is 13.3 Å². The van der Waals surface area contributed by atoms with Gasteiger partial charge in [-0.05, 0) is 79.1 Å². The molecule has 0 unspecified atom stereocenters. The van der Waals surface area contributed by atoms with E-state index in [9.17, 15) is 14.4 Å². The van der Waals surface area contributed by atoms with Crippen LogP contribution < -0.4 is 30.3 Å². The van der Waals surface area contributed by atoms with Crippen molar-refractivity contribution in [3.05, 3.63) is 98.7 Å². The lowest BCUT2D eigenvalue weighted by Gasteiger charge is -2.28. The van der Waals surface area contributed by atoms with Gasteiger partial charge in [0.25, 0.3) is 5.91 Å². The molecule has 4 rings (SSSR count). The zero-order valence-corrected chi connectivity index (χ0v) is 25.6. The molecule has 11 nitrogen and oxygen atoms in total. The van der Waals surface area contributed by atoms with Crippen molar-refractivity contribution in [2.24, 2.45) is 5.10 Å². The van der Waals surface area contributed by atoms with Crippen LogP contribution >= 0.6 is 23.2 Å². The van der Waals surface area contributed by atoms with Crippen LogP contribution in [0, 0.1) is 0 Å². The Labute approximate surface area is 264 Å². The van der Waals surface area contributed by atoms with Gasteiger partial charge in [0, 0.05) is 5.70 Å². The van der Waals surface area contributed by atoms with Gasteiger partial charge in [-0.25, -0.2) is 15.0 Å². The first kappa shape index (κ1) is 32.2. The second-order valence-electron chi connectivity index (χ2n) is 9.39. The fraction of sp³-hybridized carbons (Fsp3) is 0.226. The van der Waals surface area contributed by atoms with Gasteiger partial charge < -0.3 is 29.6 Å². The Kier molecular flexibility index (Phi) is 11.1. The van der Waals surface area contributed by atoms with E-state index >= 15 is 0 Å². The lowest BCUT2D eigenvalue weighted by atomic mass is 9.95. The molecule has 0 radical (unpaired) electrons. The molecule has 13 heteroatoms. The van der Waals surface area contributed by atoms with Gasteiger partial charge in [-0.15, -0.1) is 0 Å². The lowest BCUT2D eigenvalue weighted by molar-refractivity contribution is -0.139. The second kappa shape index (κ2) is 15.1. The average Bonchev–Trinajstić information content (AvgIpc) is 3.00. The topological polar surface area (TPSA) is 137 Å². The van der Waals surface area contributed by atoms with Crippen LogP contribution in [0.5, 0.6) is 17.2 Å². The molecule has 3 amide bonds. The monoisotopic (exact) mass is 640 g/mol. The van der Waals surface area contributed by atoms with E-state index in [-0.39, 0.29) is 24.5 Å². The van der Waals surface area contributed by atoms with Crippen molar-refractivity contribution in [1.29, 1.82) is 0 Å². The van der Waals surface area contributed by atoms with Crippen molar-refractivity contribution in [2.75, 3.05) is 20.3 Å². The predicted molar refractivity (Wildman–Crippen MR) is 165 cm³/mol. The van der Waals surface area contributed by atoms with Crippen molar-refractivity contribution in [3.8, 4) is 17.2 Å². The summed E-state index contributed by atoms with van der Waals surface area (Å²) in [5.41, 5.74) is 5.25. The Hall–Kier alpha value is -4.74. The Morgan fingerprint density at radius 3 is 2.48 bits per heavy atom. The Morgan fingerprint density at radius 2 is 1.77 bits per heavy atom. The summed E-state index contributed by atoms with van der Waals surface area (Å²) >= 11 is 12.0. The molecule has 44 heavy (non-hydrogen) atoms. The summed E-state index contributed by atoms with van der Waals surface area (Å²) in [6.07, 6.45) is 1.49. The molecule has 1 heterocycles. The summed E-state index contributed by atoms with van der Waals surface area (Å²) in [4.78, 5) is 37.1. The van der Waals surface area contributed by atoms with E-state index < -0.39 is 23.9 Å². The van der Waals surface area contributed by atoms with Crippen molar-refractivity contribution >= 4 is 47.3 Å². The number of halogens is 2. The number of urea groups is 1. The molecular formula is C31H30Cl2N4O7. The van der Waals surface area contributed by atoms with Crippen molar-refractivity contribution < 1.29 is 33.3 Å². The number of benzene rings is 3. The number of rotatable bonds is 12. The quantitative estimate of drug-likeness (QED) is 0.139. The third kappa shape index (κ3) is 8.42. The zero-order chi connectivity index (χ0) is 31.6. The van der Waals surface area contributed by atoms with Gasteiger partial charge in [0.1, 0.15) is 12.4 Å². The molecule has 0 aromatic heterocycles. The molecule has 3 aromatic carbocycles. The number of methoxy groups -OCH3 is 1. The van der Waals surface area contributed by atoms with E-state index in [1.807, 2.05) is 6.07 Å². The highest BCUT2D eigenvalue weighted by molar-refractivity contribution is 6.42. The van der Waals surface area contributed by atoms with Crippen molar-refractivity contribution in [2.45, 2.75) is 26.5 Å². The normalized spacial score (nSPS) is 14.5. The number of esters is 1. The van der Waals surface area contributed by atoms with E-state index in [1.54, 1.807) is 68.4 Å². The molecule has 1 atom stereocenters. The van der Waals surface area contributed by atoms with E-state index in [0.717, 1.165) is 11.1 Å². The van der Waals surface area contributed by atoms with Crippen LogP contribution in [0.2, 0.25) is 10.0 Å². The van der Waals surface area contributed by atoms with Gasteiger partial charge in [-0.2, -0.15) is 5.10 Å². The molecule has 1 aliphatic rings. The molecule has 0 saturated carbocycles. The maximum Gasteiger partial charge on any atom is 0.338 e. The van der Waals surface area contributed by atoms with Crippen molar-refractivity contribution in [3.63, 3.8) is 0 Å². The van der Waals surface area contributed by atoms with Crippen LogP contribution in [-0.4, -0.2) is 44.4 Å². The molecule has 0 aliphatic carbocycles. The van der Waals surface area contributed by atoms with Gasteiger partial charge >= 0.3 is 12.0 Å². The fourth-order valence-corrected chi connectivity index (χ4v) is 4.53. The number of carbonyl (C=O) groups excluding carboxylic acids is 3. The SMILES string of the molecule is CCOC(=O)C1=C(C)NC(=O)N[C@H]1c1ccc(OCC(=O)N/N=C\c2ccc(OCc3ccc(Cl)c(Cl)c3)cc2)c(OC)c1. The van der Waals surface area contributed by atoms with Crippen molar-refractivity contribution in [1.82, 2.24) is 16.1 Å². The van der Waals surface area contributed by atoms with Crippen LogP contribution in [0.3, 0.4) is 0 Å². The maximum absolute atomic E-state index is 12.6. The molecule has 3 aromatic rings. The maximum atomic E-state index is 12.6. The number of allylic oxidation sites excluding steroid dienone is 1. The third-order valence-electron chi connectivity index (χ3n) is 6.32. The fourth-order valence-electron chi connectivity index (χ4n) is 4.21. The number of ether oxygens (including phenoxy) is 4. The predicted octanol–water partition coefficient (Wildman–Crippen LogP) is 5.30. The Morgan fingerprint density at radius 1 is 1.00 bits per heavy atom. The summed E-state index contributed by atoms with van der Waals surface area (Å²) in [5, 5.41) is 10.2. The van der Waals surface area contributed by atoms with Crippen LogP contribution in [0.15, 0.2) is 77.0 Å². The number of hydrogen-bond acceptors (Lipinski definition) is 8. The second-order valence-corrected chi connectivity index (χ2v) is 10.2. The molecule has 0 bridgehead atoms. The zero-order valence-electron chi connectivity index (χ0n) is 24.1. The molecule has 0 spiro atoms. The summed E-state index contributed by atoms with van der Waals surface area (Å²) < 4.78 is 22.0. The molecule has 230 valence electrons. The summed E-state index contributed by atoms with van der Waals surface area (Å²) in [6, 6.07) is 16.1. The van der Waals surface area contributed by atoms with E-state index in [0.29, 0.717) is 39.4 Å². The summed E-state index contributed by atoms with van der Waals surface area (Å²) in [5.74, 6) is 0.182. The molecule has 0 saturated heterocycles. The highest BCUT2D eigenvalue weighted by Crippen LogP contribution is 2.34. The Bertz CT molecular complexity index is 1590. The van der Waals surface area contributed by atoms with Gasteiger partial charge in [0.15, 0.2) is 18.1 Å². The first-order chi connectivity index (χ1) is 21.2. The third-order valence-corrected chi connectivity index (χ3v) is 7.06. The first-order valence-electron chi connectivity index (χ1n) is 13.4. The minimum atomic E-state index is -0.772. The average molecular weight is 642 g/mol. The summed E-state index contributed by atoms with van der Waals surface area (Å²) in [7, 11) is 1.44. The molecular weight excluding hydrogens is 611 g/mol. The van der Waals surface area contributed by atoms with E-state index in [2.05, 4.69) is 21.2 Å². The van der Waals surface area contributed by atoms with Crippen LogP contribution in [-0.2, 0) is 20.9 Å². The van der Waals surface area contributed by atoms with E-state index in [4.69, 9.17) is 42.1 Å². The highest BCUT2D eigenvalue weighted by Gasteiger charge is 2.32. The largest absolute Gasteiger partial charge is 0.493 e. The minimum Gasteiger partial charge on any atom is -0.493 e.